The molecule has 3 heterocycles. The third-order valence-electron chi connectivity index (χ3n) is 4.77. The Morgan fingerprint density at radius 3 is 3.14 bits per heavy atom. The third-order valence-corrected chi connectivity index (χ3v) is 4.77. The van der Waals surface area contributed by atoms with Crippen molar-refractivity contribution < 1.29 is 14.3 Å². The predicted molar refractivity (Wildman–Crippen MR) is 110 cm³/mol. The maximum Gasteiger partial charge on any atom is 0.244 e. The molecule has 4 rings (SSSR count). The SMILES string of the molecule is CCOc1cc2c(cc1/C=C/C(=O)NCCc1nnc3ccccn13)O[C@@H](C)C2. The molecule has 0 saturated heterocycles. The highest BCUT2D eigenvalue weighted by Gasteiger charge is 2.21. The normalized spacial score (nSPS) is 15.4. The molecule has 7 nitrogen and oxygen atoms in total. The Morgan fingerprint density at radius 1 is 1.38 bits per heavy atom. The van der Waals surface area contributed by atoms with Gasteiger partial charge in [0.1, 0.15) is 23.4 Å². The van der Waals surface area contributed by atoms with Gasteiger partial charge in [-0.15, -0.1) is 10.2 Å². The zero-order chi connectivity index (χ0) is 20.2. The summed E-state index contributed by atoms with van der Waals surface area (Å²) < 4.78 is 13.5. The van der Waals surface area contributed by atoms with Crippen molar-refractivity contribution >= 4 is 17.6 Å². The van der Waals surface area contributed by atoms with Gasteiger partial charge < -0.3 is 14.8 Å². The topological polar surface area (TPSA) is 77.8 Å². The molecule has 0 saturated carbocycles. The molecule has 7 heteroatoms. The average Bonchev–Trinajstić information content (AvgIpc) is 3.28. The number of aromatic nitrogens is 3. The first-order valence-corrected chi connectivity index (χ1v) is 9.85. The van der Waals surface area contributed by atoms with E-state index in [1.165, 1.54) is 6.08 Å². The molecule has 1 aromatic carbocycles. The molecule has 0 aliphatic carbocycles. The van der Waals surface area contributed by atoms with E-state index in [1.807, 2.05) is 54.8 Å². The molecule has 1 aliphatic rings. The van der Waals surface area contributed by atoms with Crippen LogP contribution in [0.4, 0.5) is 0 Å². The van der Waals surface area contributed by atoms with Crippen LogP contribution in [0, 0.1) is 0 Å². The lowest BCUT2D eigenvalue weighted by Crippen LogP contribution is -2.24. The molecule has 1 amide bonds. The van der Waals surface area contributed by atoms with Crippen molar-refractivity contribution in [3.63, 3.8) is 0 Å². The summed E-state index contributed by atoms with van der Waals surface area (Å²) in [5.74, 6) is 2.27. The summed E-state index contributed by atoms with van der Waals surface area (Å²) in [6.45, 7) is 5.03. The Labute approximate surface area is 169 Å². The lowest BCUT2D eigenvalue weighted by Gasteiger charge is -2.10. The molecule has 2 aromatic heterocycles. The Balaban J connectivity index is 1.38. The van der Waals surface area contributed by atoms with Crippen LogP contribution < -0.4 is 14.8 Å². The fraction of sp³-hybridized carbons (Fsp3) is 0.318. The van der Waals surface area contributed by atoms with Crippen LogP contribution in [0.2, 0.25) is 0 Å². The number of hydrogen-bond donors (Lipinski definition) is 1. The monoisotopic (exact) mass is 392 g/mol. The van der Waals surface area contributed by atoms with Crippen LogP contribution in [0.25, 0.3) is 11.7 Å². The zero-order valence-electron chi connectivity index (χ0n) is 16.6. The van der Waals surface area contributed by atoms with E-state index in [9.17, 15) is 4.79 Å². The first-order valence-electron chi connectivity index (χ1n) is 9.85. The Hall–Kier alpha value is -3.35. The summed E-state index contributed by atoms with van der Waals surface area (Å²) >= 11 is 0. The lowest BCUT2D eigenvalue weighted by molar-refractivity contribution is -0.116. The van der Waals surface area contributed by atoms with Gasteiger partial charge in [-0.1, -0.05) is 6.07 Å². The van der Waals surface area contributed by atoms with Crippen LogP contribution in [0.3, 0.4) is 0 Å². The maximum absolute atomic E-state index is 12.3. The number of fused-ring (bicyclic) bond motifs is 2. The van der Waals surface area contributed by atoms with Gasteiger partial charge in [0, 0.05) is 42.8 Å². The largest absolute Gasteiger partial charge is 0.493 e. The number of rotatable bonds is 7. The summed E-state index contributed by atoms with van der Waals surface area (Å²) in [6, 6.07) is 9.70. The van der Waals surface area contributed by atoms with Crippen LogP contribution in [0.15, 0.2) is 42.6 Å². The van der Waals surface area contributed by atoms with Gasteiger partial charge in [-0.25, -0.2) is 0 Å². The lowest BCUT2D eigenvalue weighted by atomic mass is 10.1. The number of pyridine rings is 1. The molecule has 0 bridgehead atoms. The minimum absolute atomic E-state index is 0.162. The number of hydrogen-bond acceptors (Lipinski definition) is 5. The van der Waals surface area contributed by atoms with Crippen LogP contribution in [-0.4, -0.2) is 39.8 Å². The first-order chi connectivity index (χ1) is 14.1. The number of amides is 1. The highest BCUT2D eigenvalue weighted by atomic mass is 16.5. The number of carbonyl (C=O) groups is 1. The number of nitrogens with one attached hydrogen (secondary N) is 1. The van der Waals surface area contributed by atoms with Gasteiger partial charge >= 0.3 is 0 Å². The van der Waals surface area contributed by atoms with Crippen molar-refractivity contribution in [1.29, 1.82) is 0 Å². The summed E-state index contributed by atoms with van der Waals surface area (Å²) in [4.78, 5) is 12.3. The number of carbonyl (C=O) groups excluding carboxylic acids is 1. The van der Waals surface area contributed by atoms with Crippen molar-refractivity contribution in [2.45, 2.75) is 32.8 Å². The average molecular weight is 392 g/mol. The second-order valence-electron chi connectivity index (χ2n) is 6.98. The fourth-order valence-corrected chi connectivity index (χ4v) is 3.45. The van der Waals surface area contributed by atoms with Crippen molar-refractivity contribution in [2.24, 2.45) is 0 Å². The Kier molecular flexibility index (Phi) is 5.46. The van der Waals surface area contributed by atoms with E-state index >= 15 is 0 Å². The molecule has 1 atom stereocenters. The minimum atomic E-state index is -0.170. The summed E-state index contributed by atoms with van der Waals surface area (Å²) in [5, 5.41) is 11.2. The van der Waals surface area contributed by atoms with Crippen molar-refractivity contribution in [3.05, 3.63) is 59.6 Å². The molecule has 1 aliphatic heterocycles. The van der Waals surface area contributed by atoms with Gasteiger partial charge in [0.2, 0.25) is 5.91 Å². The second-order valence-corrected chi connectivity index (χ2v) is 6.98. The predicted octanol–water partition coefficient (Wildman–Crippen LogP) is 2.82. The molecule has 0 radical (unpaired) electrons. The molecule has 0 fully saturated rings. The summed E-state index contributed by atoms with van der Waals surface area (Å²) in [7, 11) is 0. The van der Waals surface area contributed by atoms with Gasteiger partial charge in [0.25, 0.3) is 0 Å². The summed E-state index contributed by atoms with van der Waals surface area (Å²) in [6.07, 6.45) is 6.83. The van der Waals surface area contributed by atoms with Crippen LogP contribution >= 0.6 is 0 Å². The standard InChI is InChI=1S/C22H24N4O3/c1-3-28-18-14-17-12-15(2)29-19(17)13-16(18)7-8-22(27)23-10-9-21-25-24-20-6-4-5-11-26(20)21/h4-8,11,13-15H,3,9-10,12H2,1-2H3,(H,23,27)/b8-7+/t15-/m0/s1. The van der Waals surface area contributed by atoms with E-state index in [-0.39, 0.29) is 12.0 Å². The number of ether oxygens (including phenoxy) is 2. The van der Waals surface area contributed by atoms with E-state index in [0.717, 1.165) is 40.5 Å². The van der Waals surface area contributed by atoms with Crippen molar-refractivity contribution in [3.8, 4) is 11.5 Å². The molecular formula is C22H24N4O3. The first kappa shape index (κ1) is 19.0. The molecular weight excluding hydrogens is 368 g/mol. The van der Waals surface area contributed by atoms with Gasteiger partial charge in [-0.05, 0) is 44.2 Å². The van der Waals surface area contributed by atoms with Crippen LogP contribution in [0.1, 0.15) is 30.8 Å². The van der Waals surface area contributed by atoms with Crippen LogP contribution in [-0.2, 0) is 17.6 Å². The molecule has 150 valence electrons. The smallest absolute Gasteiger partial charge is 0.244 e. The Morgan fingerprint density at radius 2 is 2.28 bits per heavy atom. The Bertz CT molecular complexity index is 1060. The highest BCUT2D eigenvalue weighted by Crippen LogP contribution is 2.35. The third kappa shape index (κ3) is 4.23. The quantitative estimate of drug-likeness (QED) is 0.626. The zero-order valence-corrected chi connectivity index (χ0v) is 16.6. The molecule has 29 heavy (non-hydrogen) atoms. The minimum Gasteiger partial charge on any atom is -0.493 e. The number of nitrogens with zero attached hydrogens (tertiary/aromatic N) is 3. The van der Waals surface area contributed by atoms with Gasteiger partial charge in [0.05, 0.1) is 6.61 Å². The van der Waals surface area contributed by atoms with Crippen molar-refractivity contribution in [1.82, 2.24) is 19.9 Å². The van der Waals surface area contributed by atoms with E-state index in [4.69, 9.17) is 9.47 Å². The van der Waals surface area contributed by atoms with Gasteiger partial charge in [-0.3, -0.25) is 9.20 Å². The van der Waals surface area contributed by atoms with E-state index in [2.05, 4.69) is 15.5 Å². The van der Waals surface area contributed by atoms with E-state index < -0.39 is 0 Å². The molecule has 3 aromatic rings. The van der Waals surface area contributed by atoms with Gasteiger partial charge in [0.15, 0.2) is 5.65 Å². The number of benzene rings is 1. The van der Waals surface area contributed by atoms with E-state index in [1.54, 1.807) is 6.08 Å². The maximum atomic E-state index is 12.3. The highest BCUT2D eigenvalue weighted by molar-refractivity contribution is 5.92. The van der Waals surface area contributed by atoms with E-state index in [0.29, 0.717) is 19.6 Å². The molecule has 0 spiro atoms. The van der Waals surface area contributed by atoms with Crippen molar-refractivity contribution in [2.75, 3.05) is 13.2 Å². The summed E-state index contributed by atoms with van der Waals surface area (Å²) in [5.41, 5.74) is 2.77. The fourth-order valence-electron chi connectivity index (χ4n) is 3.45. The second kappa shape index (κ2) is 8.34. The molecule has 1 N–H and O–H groups in total. The van der Waals surface area contributed by atoms with Gasteiger partial charge in [-0.2, -0.15) is 0 Å². The molecule has 0 unspecified atom stereocenters. The van der Waals surface area contributed by atoms with Crippen LogP contribution in [0.5, 0.6) is 11.5 Å².